The lowest BCUT2D eigenvalue weighted by atomic mass is 9.86. The second-order valence-corrected chi connectivity index (χ2v) is 7.27. The number of imidazole rings is 1. The van der Waals surface area contributed by atoms with E-state index in [1.165, 1.54) is 6.07 Å². The summed E-state index contributed by atoms with van der Waals surface area (Å²) in [6, 6.07) is 2.08. The Kier molecular flexibility index (Phi) is 11.6. The molecule has 2 heterocycles. The lowest BCUT2D eigenvalue weighted by Crippen LogP contribution is -2.38. The SMILES string of the molecule is Cl.Cl.Cl.Cn1ccnc1CNCC1(COc2ccc(C(F)(F)F)cn2)C[C@@H](O)[C@@H](O)C1. The number of rotatable bonds is 7. The molecule has 0 amide bonds. The van der Waals surface area contributed by atoms with Crippen LogP contribution in [0.4, 0.5) is 13.2 Å². The third kappa shape index (κ3) is 7.65. The number of hydrogen-bond acceptors (Lipinski definition) is 6. The molecule has 31 heavy (non-hydrogen) atoms. The van der Waals surface area contributed by atoms with E-state index in [2.05, 4.69) is 15.3 Å². The van der Waals surface area contributed by atoms with Crippen molar-refractivity contribution in [2.75, 3.05) is 13.2 Å². The van der Waals surface area contributed by atoms with Gasteiger partial charge in [-0.05, 0) is 18.9 Å². The number of halogens is 6. The summed E-state index contributed by atoms with van der Waals surface area (Å²) < 4.78 is 45.4. The van der Waals surface area contributed by atoms with Crippen LogP contribution in [0.3, 0.4) is 0 Å². The molecule has 0 saturated heterocycles. The minimum Gasteiger partial charge on any atom is -0.477 e. The van der Waals surface area contributed by atoms with Gasteiger partial charge >= 0.3 is 6.18 Å². The second-order valence-electron chi connectivity index (χ2n) is 7.27. The van der Waals surface area contributed by atoms with Gasteiger partial charge in [0.1, 0.15) is 5.82 Å². The van der Waals surface area contributed by atoms with Crippen molar-refractivity contribution in [3.05, 3.63) is 42.1 Å². The Bertz CT molecular complexity index is 783. The Labute approximate surface area is 196 Å². The molecule has 3 rings (SSSR count). The monoisotopic (exact) mass is 508 g/mol. The highest BCUT2D eigenvalue weighted by atomic mass is 35.5. The van der Waals surface area contributed by atoms with E-state index in [-0.39, 0.29) is 49.7 Å². The van der Waals surface area contributed by atoms with Gasteiger partial charge in [-0.15, -0.1) is 37.2 Å². The van der Waals surface area contributed by atoms with Crippen LogP contribution in [0.5, 0.6) is 5.88 Å². The Morgan fingerprint density at radius 3 is 2.29 bits per heavy atom. The third-order valence-electron chi connectivity index (χ3n) is 5.02. The highest BCUT2D eigenvalue weighted by molar-refractivity contribution is 5.86. The first-order valence-corrected chi connectivity index (χ1v) is 8.88. The average Bonchev–Trinajstić information content (AvgIpc) is 3.16. The van der Waals surface area contributed by atoms with Gasteiger partial charge in [0.2, 0.25) is 5.88 Å². The molecule has 0 bridgehead atoms. The maximum absolute atomic E-state index is 12.6. The fraction of sp³-hybridized carbons (Fsp3) is 0.556. The quantitative estimate of drug-likeness (QED) is 0.532. The van der Waals surface area contributed by atoms with Gasteiger partial charge in [-0.25, -0.2) is 9.97 Å². The Balaban J connectivity index is 0.00000300. The minimum absolute atomic E-state index is 0. The summed E-state index contributed by atoms with van der Waals surface area (Å²) in [5, 5.41) is 23.2. The van der Waals surface area contributed by atoms with E-state index in [9.17, 15) is 23.4 Å². The maximum Gasteiger partial charge on any atom is 0.417 e. The molecule has 2 aromatic rings. The first kappa shape index (κ1) is 29.7. The van der Waals surface area contributed by atoms with Gasteiger partial charge in [0.25, 0.3) is 0 Å². The number of aromatic nitrogens is 3. The fourth-order valence-electron chi connectivity index (χ4n) is 3.42. The molecule has 0 aromatic carbocycles. The molecular weight excluding hydrogens is 484 g/mol. The van der Waals surface area contributed by atoms with Gasteiger partial charge in [0, 0.05) is 43.7 Å². The van der Waals surface area contributed by atoms with Crippen molar-refractivity contribution in [1.82, 2.24) is 19.9 Å². The van der Waals surface area contributed by atoms with Crippen LogP contribution in [0.1, 0.15) is 24.2 Å². The molecule has 178 valence electrons. The van der Waals surface area contributed by atoms with Crippen molar-refractivity contribution < 1.29 is 28.1 Å². The Morgan fingerprint density at radius 1 is 1.16 bits per heavy atom. The number of aryl methyl sites for hydroxylation is 1. The Morgan fingerprint density at radius 2 is 1.81 bits per heavy atom. The number of nitrogens with zero attached hydrogens (tertiary/aromatic N) is 3. The van der Waals surface area contributed by atoms with Crippen LogP contribution in [0.15, 0.2) is 30.7 Å². The third-order valence-corrected chi connectivity index (χ3v) is 5.02. The number of hydrogen-bond donors (Lipinski definition) is 3. The topological polar surface area (TPSA) is 92.4 Å². The van der Waals surface area contributed by atoms with Gasteiger partial charge in [-0.1, -0.05) is 0 Å². The zero-order valence-electron chi connectivity index (χ0n) is 16.6. The predicted octanol–water partition coefficient (Wildman–Crippen LogP) is 2.77. The van der Waals surface area contributed by atoms with Gasteiger partial charge in [-0.2, -0.15) is 13.2 Å². The molecule has 1 aliphatic rings. The highest BCUT2D eigenvalue weighted by Gasteiger charge is 2.44. The van der Waals surface area contributed by atoms with Crippen LogP contribution in [0.25, 0.3) is 0 Å². The summed E-state index contributed by atoms with van der Waals surface area (Å²) in [5.41, 5.74) is -1.42. The molecule has 3 atom stereocenters. The van der Waals surface area contributed by atoms with Gasteiger partial charge in [0.15, 0.2) is 0 Å². The Hall–Kier alpha value is -1.30. The summed E-state index contributed by atoms with van der Waals surface area (Å²) in [7, 11) is 1.88. The minimum atomic E-state index is -4.46. The molecule has 3 N–H and O–H groups in total. The number of ether oxygens (including phenoxy) is 1. The lowest BCUT2D eigenvalue weighted by molar-refractivity contribution is -0.137. The van der Waals surface area contributed by atoms with Crippen molar-refractivity contribution in [3.63, 3.8) is 0 Å². The van der Waals surface area contributed by atoms with Gasteiger partial charge in [0.05, 0.1) is 30.9 Å². The molecule has 1 fully saturated rings. The molecular formula is C18H26Cl3F3N4O3. The van der Waals surface area contributed by atoms with Crippen molar-refractivity contribution in [3.8, 4) is 5.88 Å². The molecule has 2 aromatic heterocycles. The largest absolute Gasteiger partial charge is 0.477 e. The fourth-order valence-corrected chi connectivity index (χ4v) is 3.42. The van der Waals surface area contributed by atoms with E-state index >= 15 is 0 Å². The molecule has 0 radical (unpaired) electrons. The van der Waals surface area contributed by atoms with Crippen molar-refractivity contribution in [2.45, 2.75) is 37.8 Å². The normalized spacial score (nSPS) is 22.8. The smallest absolute Gasteiger partial charge is 0.417 e. The zero-order valence-corrected chi connectivity index (χ0v) is 19.0. The number of nitrogens with one attached hydrogen (secondary N) is 1. The van der Waals surface area contributed by atoms with E-state index in [0.29, 0.717) is 25.9 Å². The first-order valence-electron chi connectivity index (χ1n) is 8.88. The van der Waals surface area contributed by atoms with E-state index in [0.717, 1.165) is 18.1 Å². The molecule has 0 aliphatic heterocycles. The van der Waals surface area contributed by atoms with Crippen LogP contribution in [-0.2, 0) is 19.8 Å². The molecule has 1 aliphatic carbocycles. The van der Waals surface area contributed by atoms with Gasteiger partial charge < -0.3 is 24.8 Å². The first-order chi connectivity index (χ1) is 13.2. The van der Waals surface area contributed by atoms with Crippen molar-refractivity contribution in [2.24, 2.45) is 12.5 Å². The van der Waals surface area contributed by atoms with E-state index < -0.39 is 29.4 Å². The number of aliphatic hydroxyl groups excluding tert-OH is 2. The van der Waals surface area contributed by atoms with Crippen LogP contribution in [-0.4, -0.2) is 50.1 Å². The van der Waals surface area contributed by atoms with Crippen LogP contribution >= 0.6 is 37.2 Å². The highest BCUT2D eigenvalue weighted by Crippen LogP contribution is 2.39. The van der Waals surface area contributed by atoms with Crippen LogP contribution in [0, 0.1) is 5.41 Å². The van der Waals surface area contributed by atoms with E-state index in [4.69, 9.17) is 4.74 Å². The number of alkyl halides is 3. The summed E-state index contributed by atoms with van der Waals surface area (Å²) in [6.45, 7) is 1.04. The summed E-state index contributed by atoms with van der Waals surface area (Å²) in [4.78, 5) is 7.93. The van der Waals surface area contributed by atoms with E-state index in [1.807, 2.05) is 17.8 Å². The number of aliphatic hydroxyl groups is 2. The van der Waals surface area contributed by atoms with Crippen LogP contribution < -0.4 is 10.1 Å². The summed E-state index contributed by atoms with van der Waals surface area (Å²) in [6.07, 6.45) is -1.35. The van der Waals surface area contributed by atoms with Crippen LogP contribution in [0.2, 0.25) is 0 Å². The average molecular weight is 510 g/mol. The molecule has 1 unspecified atom stereocenters. The second kappa shape index (κ2) is 12.1. The maximum atomic E-state index is 12.6. The standard InChI is InChI=1S/C18H23F3N4O3.3ClH/c1-25-5-4-23-15(25)9-22-10-17(6-13(26)14(27)7-17)11-28-16-3-2-12(8-24-16)18(19,20)21;;;/h2-5,8,13-14,22,26-27H,6-7,9-11H2,1H3;3*1H/t13-,14+,17?;;;. The lowest BCUT2D eigenvalue weighted by Gasteiger charge is -2.29. The zero-order chi connectivity index (χ0) is 20.4. The van der Waals surface area contributed by atoms with Crippen molar-refractivity contribution in [1.29, 1.82) is 0 Å². The number of pyridine rings is 1. The molecule has 1 saturated carbocycles. The van der Waals surface area contributed by atoms with Crippen molar-refractivity contribution >= 4 is 37.2 Å². The predicted molar refractivity (Wildman–Crippen MR) is 115 cm³/mol. The van der Waals surface area contributed by atoms with E-state index in [1.54, 1.807) is 6.20 Å². The molecule has 0 spiro atoms. The summed E-state index contributed by atoms with van der Waals surface area (Å²) >= 11 is 0. The summed E-state index contributed by atoms with van der Waals surface area (Å²) in [5.74, 6) is 0.895. The molecule has 13 heteroatoms. The van der Waals surface area contributed by atoms with Gasteiger partial charge in [-0.3, -0.25) is 0 Å². The molecule has 7 nitrogen and oxygen atoms in total.